The van der Waals surface area contributed by atoms with Crippen LogP contribution in [0.25, 0.3) is 0 Å². The Morgan fingerprint density at radius 2 is 1.95 bits per heavy atom. The maximum absolute atomic E-state index is 13.8. The van der Waals surface area contributed by atoms with E-state index >= 15 is 0 Å². The average molecular weight is 269 g/mol. The van der Waals surface area contributed by atoms with Crippen molar-refractivity contribution in [3.8, 4) is 6.07 Å². The molecule has 0 bridgehead atoms. The van der Waals surface area contributed by atoms with Crippen LogP contribution >= 0.6 is 0 Å². The van der Waals surface area contributed by atoms with Crippen LogP contribution < -0.4 is 10.6 Å². The molecule has 2 N–H and O–H groups in total. The van der Waals surface area contributed by atoms with Gasteiger partial charge >= 0.3 is 0 Å². The summed E-state index contributed by atoms with van der Waals surface area (Å²) < 4.78 is 13.8. The van der Waals surface area contributed by atoms with Crippen molar-refractivity contribution in [1.29, 1.82) is 5.26 Å². The first kappa shape index (κ1) is 13.6. The highest BCUT2D eigenvalue weighted by atomic mass is 19.1. The van der Waals surface area contributed by atoms with E-state index in [-0.39, 0.29) is 17.2 Å². The number of carbonyl (C=O) groups is 1. The Balaban J connectivity index is 2.22. The van der Waals surface area contributed by atoms with Crippen LogP contribution in [0.5, 0.6) is 0 Å². The zero-order valence-corrected chi connectivity index (χ0v) is 10.8. The molecule has 0 aromatic heterocycles. The first-order valence-corrected chi connectivity index (χ1v) is 5.93. The molecule has 4 nitrogen and oxygen atoms in total. The van der Waals surface area contributed by atoms with Crippen molar-refractivity contribution in [2.45, 2.75) is 6.92 Å². The van der Waals surface area contributed by atoms with Gasteiger partial charge in [0.15, 0.2) is 0 Å². The SMILES string of the molecule is CC(=O)Nc1cccc(Nc2ccc(C#N)cc2F)c1. The summed E-state index contributed by atoms with van der Waals surface area (Å²) in [4.78, 5) is 11.0. The summed E-state index contributed by atoms with van der Waals surface area (Å²) in [7, 11) is 0. The molecule has 20 heavy (non-hydrogen) atoms. The molecular formula is C15H12FN3O. The summed E-state index contributed by atoms with van der Waals surface area (Å²) in [5, 5.41) is 14.2. The van der Waals surface area contributed by atoms with E-state index in [4.69, 9.17) is 5.26 Å². The number of anilines is 3. The minimum Gasteiger partial charge on any atom is -0.353 e. The van der Waals surface area contributed by atoms with Gasteiger partial charge in [0.05, 0.1) is 17.3 Å². The van der Waals surface area contributed by atoms with Crippen LogP contribution in [0.15, 0.2) is 42.5 Å². The van der Waals surface area contributed by atoms with E-state index in [9.17, 15) is 9.18 Å². The lowest BCUT2D eigenvalue weighted by Gasteiger charge is -2.09. The number of hydrogen-bond acceptors (Lipinski definition) is 3. The number of carbonyl (C=O) groups excluding carboxylic acids is 1. The van der Waals surface area contributed by atoms with Crippen molar-refractivity contribution in [1.82, 2.24) is 0 Å². The van der Waals surface area contributed by atoms with Crippen LogP contribution in [0, 0.1) is 17.1 Å². The van der Waals surface area contributed by atoms with Crippen molar-refractivity contribution in [2.24, 2.45) is 0 Å². The molecule has 0 atom stereocenters. The molecule has 2 aromatic carbocycles. The van der Waals surface area contributed by atoms with E-state index < -0.39 is 5.82 Å². The number of nitrogens with zero attached hydrogens (tertiary/aromatic N) is 1. The lowest BCUT2D eigenvalue weighted by Crippen LogP contribution is -2.05. The topological polar surface area (TPSA) is 64.9 Å². The Morgan fingerprint density at radius 1 is 1.20 bits per heavy atom. The average Bonchev–Trinajstić information content (AvgIpc) is 2.41. The Labute approximate surface area is 115 Å². The third-order valence-corrected chi connectivity index (χ3v) is 2.56. The minimum atomic E-state index is -0.506. The summed E-state index contributed by atoms with van der Waals surface area (Å²) in [6, 6.07) is 13.0. The molecule has 0 spiro atoms. The molecule has 1 amide bonds. The van der Waals surface area contributed by atoms with Gasteiger partial charge in [-0.3, -0.25) is 4.79 Å². The fourth-order valence-electron chi connectivity index (χ4n) is 1.72. The molecule has 2 aromatic rings. The van der Waals surface area contributed by atoms with Gasteiger partial charge in [-0.1, -0.05) is 6.07 Å². The second-order valence-electron chi connectivity index (χ2n) is 4.19. The minimum absolute atomic E-state index is 0.174. The van der Waals surface area contributed by atoms with Crippen LogP contribution in [0.2, 0.25) is 0 Å². The zero-order chi connectivity index (χ0) is 14.5. The summed E-state index contributed by atoms with van der Waals surface area (Å²) in [5.41, 5.74) is 1.79. The molecule has 0 fully saturated rings. The molecule has 0 saturated heterocycles. The van der Waals surface area contributed by atoms with Crippen molar-refractivity contribution >= 4 is 23.0 Å². The zero-order valence-electron chi connectivity index (χ0n) is 10.8. The maximum Gasteiger partial charge on any atom is 0.221 e. The van der Waals surface area contributed by atoms with Gasteiger partial charge < -0.3 is 10.6 Å². The third-order valence-electron chi connectivity index (χ3n) is 2.56. The van der Waals surface area contributed by atoms with Gasteiger partial charge in [0, 0.05) is 18.3 Å². The van der Waals surface area contributed by atoms with E-state index in [0.29, 0.717) is 11.4 Å². The van der Waals surface area contributed by atoms with E-state index in [1.165, 1.54) is 25.1 Å². The summed E-state index contributed by atoms with van der Waals surface area (Å²) in [6.07, 6.45) is 0. The van der Waals surface area contributed by atoms with Crippen LogP contribution in [-0.2, 0) is 4.79 Å². The van der Waals surface area contributed by atoms with Crippen molar-refractivity contribution in [2.75, 3.05) is 10.6 Å². The smallest absolute Gasteiger partial charge is 0.221 e. The van der Waals surface area contributed by atoms with Crippen molar-refractivity contribution in [3.05, 3.63) is 53.8 Å². The van der Waals surface area contributed by atoms with Crippen molar-refractivity contribution < 1.29 is 9.18 Å². The third kappa shape index (κ3) is 3.33. The Kier molecular flexibility index (Phi) is 3.96. The molecular weight excluding hydrogens is 257 g/mol. The highest BCUT2D eigenvalue weighted by Crippen LogP contribution is 2.23. The number of benzene rings is 2. The van der Waals surface area contributed by atoms with E-state index in [2.05, 4.69) is 10.6 Å². The van der Waals surface area contributed by atoms with Crippen LogP contribution in [0.1, 0.15) is 12.5 Å². The normalized spacial score (nSPS) is 9.65. The molecule has 0 aliphatic carbocycles. The Bertz CT molecular complexity index is 692. The molecule has 0 unspecified atom stereocenters. The van der Waals surface area contributed by atoms with Gasteiger partial charge in [-0.05, 0) is 36.4 Å². The van der Waals surface area contributed by atoms with Gasteiger partial charge in [0.25, 0.3) is 0 Å². The second kappa shape index (κ2) is 5.85. The molecule has 0 aliphatic heterocycles. The van der Waals surface area contributed by atoms with Gasteiger partial charge in [-0.25, -0.2) is 4.39 Å². The molecule has 0 radical (unpaired) electrons. The highest BCUT2D eigenvalue weighted by Gasteiger charge is 2.04. The van der Waals surface area contributed by atoms with Gasteiger partial charge in [-0.15, -0.1) is 0 Å². The quantitative estimate of drug-likeness (QED) is 0.897. The van der Waals surface area contributed by atoms with E-state index in [1.54, 1.807) is 24.3 Å². The Hall–Kier alpha value is -2.87. The fraction of sp³-hybridized carbons (Fsp3) is 0.0667. The maximum atomic E-state index is 13.8. The van der Waals surface area contributed by atoms with Crippen molar-refractivity contribution in [3.63, 3.8) is 0 Å². The number of nitriles is 1. The predicted molar refractivity (Wildman–Crippen MR) is 75.1 cm³/mol. The second-order valence-corrected chi connectivity index (χ2v) is 4.19. The fourth-order valence-corrected chi connectivity index (χ4v) is 1.72. The molecule has 5 heteroatoms. The predicted octanol–water partition coefficient (Wildman–Crippen LogP) is 3.40. The molecule has 0 aliphatic rings. The molecule has 0 saturated carbocycles. The summed E-state index contributed by atoms with van der Waals surface area (Å²) >= 11 is 0. The monoisotopic (exact) mass is 269 g/mol. The number of nitrogens with one attached hydrogen (secondary N) is 2. The largest absolute Gasteiger partial charge is 0.353 e. The van der Waals surface area contributed by atoms with Crippen LogP contribution in [-0.4, -0.2) is 5.91 Å². The van der Waals surface area contributed by atoms with Gasteiger partial charge in [-0.2, -0.15) is 5.26 Å². The number of halogens is 1. The number of hydrogen-bond donors (Lipinski definition) is 2. The standard InChI is InChI=1S/C15H12FN3O/c1-10(20)18-12-3-2-4-13(8-12)19-15-6-5-11(9-17)7-14(15)16/h2-8,19H,1H3,(H,18,20). The number of amides is 1. The molecule has 0 heterocycles. The van der Waals surface area contributed by atoms with Gasteiger partial charge in [0.1, 0.15) is 5.82 Å². The first-order chi connectivity index (χ1) is 9.58. The lowest BCUT2D eigenvalue weighted by atomic mass is 10.2. The van der Waals surface area contributed by atoms with E-state index in [0.717, 1.165) is 0 Å². The Morgan fingerprint density at radius 3 is 2.60 bits per heavy atom. The van der Waals surface area contributed by atoms with Gasteiger partial charge in [0.2, 0.25) is 5.91 Å². The molecule has 100 valence electrons. The van der Waals surface area contributed by atoms with E-state index in [1.807, 2.05) is 6.07 Å². The first-order valence-electron chi connectivity index (χ1n) is 5.93. The highest BCUT2D eigenvalue weighted by molar-refractivity contribution is 5.89. The summed E-state index contributed by atoms with van der Waals surface area (Å²) in [5.74, 6) is -0.680. The molecule has 2 rings (SSSR count). The number of rotatable bonds is 3. The van der Waals surface area contributed by atoms with Crippen LogP contribution in [0.4, 0.5) is 21.5 Å². The van der Waals surface area contributed by atoms with Crippen LogP contribution in [0.3, 0.4) is 0 Å². The lowest BCUT2D eigenvalue weighted by molar-refractivity contribution is -0.114. The summed E-state index contributed by atoms with van der Waals surface area (Å²) in [6.45, 7) is 1.42.